The normalized spacial score (nSPS) is 10.4. The second-order valence-electron chi connectivity index (χ2n) is 4.08. The molecule has 0 fully saturated rings. The number of ether oxygens (including phenoxy) is 1. The van der Waals surface area contributed by atoms with Crippen molar-refractivity contribution >= 4 is 33.2 Å². The predicted molar refractivity (Wildman–Crippen MR) is 79.1 cm³/mol. The first kappa shape index (κ1) is 13.2. The molecule has 4 heteroatoms. The van der Waals surface area contributed by atoms with E-state index in [0.717, 1.165) is 10.0 Å². The Balaban J connectivity index is 2.16. The van der Waals surface area contributed by atoms with E-state index in [0.29, 0.717) is 23.1 Å². The minimum atomic E-state index is 0.478. The van der Waals surface area contributed by atoms with Gasteiger partial charge in [-0.2, -0.15) is 0 Å². The maximum absolute atomic E-state index is 5.89. The molecule has 0 radical (unpaired) electrons. The topological polar surface area (TPSA) is 35.2 Å². The zero-order chi connectivity index (χ0) is 13.1. The molecule has 0 amide bonds. The van der Waals surface area contributed by atoms with E-state index in [2.05, 4.69) is 35.0 Å². The van der Waals surface area contributed by atoms with Crippen LogP contribution in [-0.2, 0) is 6.61 Å². The molecule has 0 spiro atoms. The molecule has 2 N–H and O–H groups in total. The summed E-state index contributed by atoms with van der Waals surface area (Å²) in [6.07, 6.45) is 0. The summed E-state index contributed by atoms with van der Waals surface area (Å²) in [5, 5.41) is 0.585. The third kappa shape index (κ3) is 3.18. The first-order valence-electron chi connectivity index (χ1n) is 5.49. The second-order valence-corrected chi connectivity index (χ2v) is 5.37. The minimum Gasteiger partial charge on any atom is -0.486 e. The van der Waals surface area contributed by atoms with Crippen LogP contribution in [0.15, 0.2) is 40.9 Å². The van der Waals surface area contributed by atoms with Gasteiger partial charge in [-0.3, -0.25) is 0 Å². The van der Waals surface area contributed by atoms with Crippen molar-refractivity contribution in [2.75, 3.05) is 5.73 Å². The molecule has 0 aliphatic carbocycles. The fourth-order valence-electron chi connectivity index (χ4n) is 1.69. The largest absolute Gasteiger partial charge is 0.486 e. The number of nitrogen functional groups attached to an aromatic ring is 1. The van der Waals surface area contributed by atoms with Crippen LogP contribution in [0.5, 0.6) is 5.75 Å². The average Bonchev–Trinajstić information content (AvgIpc) is 2.27. The highest BCUT2D eigenvalue weighted by molar-refractivity contribution is 9.10. The average molecular weight is 327 g/mol. The van der Waals surface area contributed by atoms with Gasteiger partial charge in [0.25, 0.3) is 0 Å². The summed E-state index contributed by atoms with van der Waals surface area (Å²) in [5.41, 5.74) is 8.72. The van der Waals surface area contributed by atoms with Crippen molar-refractivity contribution in [2.24, 2.45) is 0 Å². The quantitative estimate of drug-likeness (QED) is 0.838. The molecule has 0 aromatic heterocycles. The zero-order valence-corrected chi connectivity index (χ0v) is 12.3. The Bertz CT molecular complexity index is 548. The van der Waals surface area contributed by atoms with Crippen LogP contribution in [0.1, 0.15) is 11.1 Å². The van der Waals surface area contributed by atoms with Crippen LogP contribution in [-0.4, -0.2) is 0 Å². The van der Waals surface area contributed by atoms with Crippen LogP contribution < -0.4 is 10.5 Å². The van der Waals surface area contributed by atoms with Gasteiger partial charge in [-0.15, -0.1) is 0 Å². The summed E-state index contributed by atoms with van der Waals surface area (Å²) in [5.74, 6) is 0.626. The Morgan fingerprint density at radius 1 is 1.28 bits per heavy atom. The van der Waals surface area contributed by atoms with Crippen molar-refractivity contribution in [3.8, 4) is 5.75 Å². The lowest BCUT2D eigenvalue weighted by Crippen LogP contribution is -2.00. The van der Waals surface area contributed by atoms with Crippen LogP contribution >= 0.6 is 27.5 Å². The summed E-state index contributed by atoms with van der Waals surface area (Å²) in [4.78, 5) is 0. The zero-order valence-electron chi connectivity index (χ0n) is 9.91. The number of anilines is 1. The lowest BCUT2D eigenvalue weighted by molar-refractivity contribution is 0.306. The maximum atomic E-state index is 5.89. The number of halogens is 2. The Labute approximate surface area is 120 Å². The molecular formula is C14H13BrClNO. The van der Waals surface area contributed by atoms with Gasteiger partial charge >= 0.3 is 0 Å². The van der Waals surface area contributed by atoms with E-state index in [1.807, 2.05) is 12.1 Å². The lowest BCUT2D eigenvalue weighted by atomic mass is 10.1. The summed E-state index contributed by atoms with van der Waals surface area (Å²) in [6.45, 7) is 2.53. The molecule has 2 nitrogen and oxygen atoms in total. The molecule has 94 valence electrons. The highest BCUT2D eigenvalue weighted by Crippen LogP contribution is 2.35. The predicted octanol–water partition coefficient (Wildman–Crippen LogP) is 4.57. The van der Waals surface area contributed by atoms with Crippen LogP contribution in [0.4, 0.5) is 5.69 Å². The molecular weight excluding hydrogens is 314 g/mol. The van der Waals surface area contributed by atoms with Crippen molar-refractivity contribution in [1.29, 1.82) is 0 Å². The molecule has 0 aliphatic rings. The van der Waals surface area contributed by atoms with Crippen molar-refractivity contribution in [1.82, 2.24) is 0 Å². The van der Waals surface area contributed by atoms with Crippen LogP contribution in [0, 0.1) is 6.92 Å². The van der Waals surface area contributed by atoms with E-state index in [4.69, 9.17) is 22.1 Å². The number of hydrogen-bond donors (Lipinski definition) is 1. The number of nitrogens with two attached hydrogens (primary N) is 1. The fraction of sp³-hybridized carbons (Fsp3) is 0.143. The van der Waals surface area contributed by atoms with Crippen molar-refractivity contribution in [3.63, 3.8) is 0 Å². The Morgan fingerprint density at radius 2 is 2.06 bits per heavy atom. The first-order valence-corrected chi connectivity index (χ1v) is 6.66. The Hall–Kier alpha value is -1.19. The monoisotopic (exact) mass is 325 g/mol. The van der Waals surface area contributed by atoms with Gasteiger partial charge in [0.05, 0.1) is 10.2 Å². The van der Waals surface area contributed by atoms with E-state index in [1.165, 1.54) is 5.56 Å². The maximum Gasteiger partial charge on any atom is 0.156 e. The number of rotatable bonds is 3. The van der Waals surface area contributed by atoms with Gasteiger partial charge in [0.15, 0.2) is 5.75 Å². The Morgan fingerprint density at radius 3 is 2.72 bits per heavy atom. The third-order valence-corrected chi connectivity index (χ3v) is 3.31. The van der Waals surface area contributed by atoms with E-state index in [1.54, 1.807) is 12.1 Å². The van der Waals surface area contributed by atoms with Gasteiger partial charge in [0, 0.05) is 5.02 Å². The van der Waals surface area contributed by atoms with E-state index in [-0.39, 0.29) is 0 Å². The lowest BCUT2D eigenvalue weighted by Gasteiger charge is -2.11. The van der Waals surface area contributed by atoms with Gasteiger partial charge in [0.2, 0.25) is 0 Å². The first-order chi connectivity index (χ1) is 8.56. The van der Waals surface area contributed by atoms with Crippen molar-refractivity contribution < 1.29 is 4.74 Å². The highest BCUT2D eigenvalue weighted by Gasteiger charge is 2.08. The molecule has 0 saturated carbocycles. The molecule has 0 aliphatic heterocycles. The number of hydrogen-bond acceptors (Lipinski definition) is 2. The molecule has 18 heavy (non-hydrogen) atoms. The summed E-state index contributed by atoms with van der Waals surface area (Å²) in [7, 11) is 0. The summed E-state index contributed by atoms with van der Waals surface area (Å²) in [6, 6.07) is 11.6. The smallest absolute Gasteiger partial charge is 0.156 e. The van der Waals surface area contributed by atoms with Gasteiger partial charge in [0.1, 0.15) is 6.61 Å². The van der Waals surface area contributed by atoms with Crippen LogP contribution in [0.2, 0.25) is 5.02 Å². The standard InChI is InChI=1S/C14H13BrClNO/c1-9-3-2-4-10(5-9)8-18-14-12(15)6-11(16)7-13(14)17/h2-7H,8,17H2,1H3. The SMILES string of the molecule is Cc1cccc(COc2c(N)cc(Cl)cc2Br)c1. The summed E-state index contributed by atoms with van der Waals surface area (Å²) >= 11 is 9.29. The van der Waals surface area contributed by atoms with Gasteiger partial charge in [-0.05, 0) is 40.5 Å². The number of aryl methyl sites for hydroxylation is 1. The third-order valence-electron chi connectivity index (χ3n) is 2.50. The van der Waals surface area contributed by atoms with E-state index in [9.17, 15) is 0 Å². The molecule has 2 aromatic rings. The molecule has 0 unspecified atom stereocenters. The van der Waals surface area contributed by atoms with Crippen molar-refractivity contribution in [3.05, 3.63) is 57.0 Å². The van der Waals surface area contributed by atoms with Crippen LogP contribution in [0.3, 0.4) is 0 Å². The minimum absolute atomic E-state index is 0.478. The molecule has 0 saturated heterocycles. The summed E-state index contributed by atoms with van der Waals surface area (Å²) < 4.78 is 6.50. The van der Waals surface area contributed by atoms with Gasteiger partial charge in [-0.1, -0.05) is 41.4 Å². The highest BCUT2D eigenvalue weighted by atomic mass is 79.9. The molecule has 2 rings (SSSR count). The van der Waals surface area contributed by atoms with Crippen molar-refractivity contribution in [2.45, 2.75) is 13.5 Å². The number of benzene rings is 2. The van der Waals surface area contributed by atoms with Gasteiger partial charge < -0.3 is 10.5 Å². The fourth-order valence-corrected chi connectivity index (χ4v) is 2.64. The Kier molecular flexibility index (Phi) is 4.15. The molecule has 2 aromatic carbocycles. The van der Waals surface area contributed by atoms with E-state index < -0.39 is 0 Å². The molecule has 0 bridgehead atoms. The molecule has 0 atom stereocenters. The van der Waals surface area contributed by atoms with E-state index >= 15 is 0 Å². The second kappa shape index (κ2) is 5.63. The molecule has 0 heterocycles. The van der Waals surface area contributed by atoms with Crippen LogP contribution in [0.25, 0.3) is 0 Å². The van der Waals surface area contributed by atoms with Gasteiger partial charge in [-0.25, -0.2) is 0 Å².